The van der Waals surface area contributed by atoms with Crippen LogP contribution < -0.4 is 10.5 Å². The molecule has 194 valence electrons. The van der Waals surface area contributed by atoms with Crippen molar-refractivity contribution in [2.45, 2.75) is 26.7 Å². The van der Waals surface area contributed by atoms with E-state index in [0.29, 0.717) is 23.1 Å². The molecule has 0 N–H and O–H groups in total. The van der Waals surface area contributed by atoms with Gasteiger partial charge < -0.3 is 4.90 Å². The number of hydrogen-bond donors (Lipinski definition) is 0. The maximum absolute atomic E-state index is 13.7. The van der Waals surface area contributed by atoms with E-state index in [4.69, 9.17) is 0 Å². The summed E-state index contributed by atoms with van der Waals surface area (Å²) in [6.45, 7) is 4.23. The number of benzene rings is 4. The van der Waals surface area contributed by atoms with E-state index in [9.17, 15) is 14.4 Å². The molecule has 0 spiro atoms. The molecular formula is C34H30N2O3. The zero-order valence-corrected chi connectivity index (χ0v) is 22.1. The molecule has 5 aromatic rings. The van der Waals surface area contributed by atoms with Crippen molar-refractivity contribution in [1.29, 1.82) is 0 Å². The maximum atomic E-state index is 13.7. The van der Waals surface area contributed by atoms with Crippen molar-refractivity contribution in [3.63, 3.8) is 0 Å². The SMILES string of the molecule is CCN(C(=O)c1cc2ccccc2n(C(=O)Cc2ccc(Cc3ccccc3)cc2)c1=O)c1ccc(C)cc1. The maximum Gasteiger partial charge on any atom is 0.270 e. The van der Waals surface area contributed by atoms with Crippen LogP contribution in [0, 0.1) is 6.92 Å². The van der Waals surface area contributed by atoms with Gasteiger partial charge in [-0.1, -0.05) is 90.5 Å². The standard InChI is InChI=1S/C34H30N2O3/c1-3-35(29-19-13-24(2)14-20-29)33(38)30-23-28-11-7-8-12-31(28)36(34(30)39)32(37)22-27-17-15-26(16-18-27)21-25-9-5-4-6-10-25/h4-20,23H,3,21-22H2,1-2H3. The van der Waals surface area contributed by atoms with E-state index in [1.807, 2.05) is 92.7 Å². The van der Waals surface area contributed by atoms with Crippen LogP contribution in [-0.4, -0.2) is 22.9 Å². The van der Waals surface area contributed by atoms with Gasteiger partial charge in [-0.15, -0.1) is 0 Å². The predicted molar refractivity (Wildman–Crippen MR) is 157 cm³/mol. The fourth-order valence-corrected chi connectivity index (χ4v) is 4.83. The Morgan fingerprint density at radius 2 is 1.36 bits per heavy atom. The summed E-state index contributed by atoms with van der Waals surface area (Å²) in [6, 6.07) is 34.4. The number of fused-ring (bicyclic) bond motifs is 1. The van der Waals surface area contributed by atoms with Crippen molar-refractivity contribution in [2.75, 3.05) is 11.4 Å². The van der Waals surface area contributed by atoms with Crippen molar-refractivity contribution in [3.8, 4) is 0 Å². The highest BCUT2D eigenvalue weighted by atomic mass is 16.2. The number of anilines is 1. The number of nitrogens with zero attached hydrogens (tertiary/aromatic N) is 2. The lowest BCUT2D eigenvalue weighted by atomic mass is 10.0. The number of rotatable bonds is 7. The first-order chi connectivity index (χ1) is 18.9. The van der Waals surface area contributed by atoms with Gasteiger partial charge in [0, 0.05) is 12.2 Å². The Labute approximate surface area is 228 Å². The molecule has 0 atom stereocenters. The molecule has 5 heteroatoms. The van der Waals surface area contributed by atoms with Crippen LogP contribution in [-0.2, 0) is 12.8 Å². The second kappa shape index (κ2) is 11.3. The van der Waals surface area contributed by atoms with E-state index in [1.54, 1.807) is 23.1 Å². The van der Waals surface area contributed by atoms with Crippen LogP contribution in [0.15, 0.2) is 114 Å². The molecule has 5 rings (SSSR count). The first kappa shape index (κ1) is 25.9. The first-order valence-electron chi connectivity index (χ1n) is 13.1. The molecule has 0 fully saturated rings. The Bertz CT molecular complexity index is 1690. The fraction of sp³-hybridized carbons (Fsp3) is 0.147. The molecule has 0 aliphatic heterocycles. The average molecular weight is 515 g/mol. The third-order valence-corrected chi connectivity index (χ3v) is 6.93. The Balaban J connectivity index is 1.47. The summed E-state index contributed by atoms with van der Waals surface area (Å²) in [7, 11) is 0. The van der Waals surface area contributed by atoms with Crippen LogP contribution in [0.25, 0.3) is 10.9 Å². The van der Waals surface area contributed by atoms with Crippen molar-refractivity contribution in [3.05, 3.63) is 147 Å². The van der Waals surface area contributed by atoms with Gasteiger partial charge in [0.2, 0.25) is 5.91 Å². The lowest BCUT2D eigenvalue weighted by Gasteiger charge is -2.22. The number of pyridine rings is 1. The third-order valence-electron chi connectivity index (χ3n) is 6.93. The van der Waals surface area contributed by atoms with Gasteiger partial charge >= 0.3 is 0 Å². The van der Waals surface area contributed by atoms with E-state index in [1.165, 1.54) is 5.56 Å². The van der Waals surface area contributed by atoms with Gasteiger partial charge in [0.25, 0.3) is 11.5 Å². The number of carbonyl (C=O) groups excluding carboxylic acids is 2. The summed E-state index contributed by atoms with van der Waals surface area (Å²) in [5.74, 6) is -0.802. The van der Waals surface area contributed by atoms with Crippen LogP contribution in [0.1, 0.15) is 44.3 Å². The zero-order chi connectivity index (χ0) is 27.4. The molecule has 5 nitrogen and oxygen atoms in total. The largest absolute Gasteiger partial charge is 0.308 e. The van der Waals surface area contributed by atoms with Crippen molar-refractivity contribution in [1.82, 2.24) is 4.57 Å². The summed E-state index contributed by atoms with van der Waals surface area (Å²) in [5, 5.41) is 0.659. The summed E-state index contributed by atoms with van der Waals surface area (Å²) >= 11 is 0. The predicted octanol–water partition coefficient (Wildman–Crippen LogP) is 6.45. The normalized spacial score (nSPS) is 10.9. The number of aromatic nitrogens is 1. The molecular weight excluding hydrogens is 484 g/mol. The van der Waals surface area contributed by atoms with Gasteiger partial charge in [0.15, 0.2) is 0 Å². The fourth-order valence-electron chi connectivity index (χ4n) is 4.83. The van der Waals surface area contributed by atoms with Gasteiger partial charge in [0.05, 0.1) is 11.9 Å². The highest BCUT2D eigenvalue weighted by Crippen LogP contribution is 2.20. The second-order valence-electron chi connectivity index (χ2n) is 9.69. The lowest BCUT2D eigenvalue weighted by Crippen LogP contribution is -2.38. The molecule has 4 aromatic carbocycles. The molecule has 0 saturated heterocycles. The highest BCUT2D eigenvalue weighted by molar-refractivity contribution is 6.08. The van der Waals surface area contributed by atoms with Crippen molar-refractivity contribution >= 4 is 28.4 Å². The van der Waals surface area contributed by atoms with E-state index < -0.39 is 11.5 Å². The van der Waals surface area contributed by atoms with Gasteiger partial charge in [-0.05, 0) is 66.6 Å². The summed E-state index contributed by atoms with van der Waals surface area (Å²) in [6.07, 6.45) is 0.848. The minimum atomic E-state index is -0.602. The number of carbonyl (C=O) groups is 2. The van der Waals surface area contributed by atoms with Crippen LogP contribution in [0.2, 0.25) is 0 Å². The Morgan fingerprint density at radius 1 is 0.744 bits per heavy atom. The van der Waals surface area contributed by atoms with Gasteiger partial charge in [-0.3, -0.25) is 14.4 Å². The minimum absolute atomic E-state index is 0.0253. The number of aryl methyl sites for hydroxylation is 1. The molecule has 0 aliphatic carbocycles. The topological polar surface area (TPSA) is 59.4 Å². The molecule has 0 saturated carbocycles. The van der Waals surface area contributed by atoms with Crippen molar-refractivity contribution < 1.29 is 9.59 Å². The Hall–Kier alpha value is -4.77. The van der Waals surface area contributed by atoms with Gasteiger partial charge in [0.1, 0.15) is 5.56 Å². The quantitative estimate of drug-likeness (QED) is 0.251. The highest BCUT2D eigenvalue weighted by Gasteiger charge is 2.24. The Morgan fingerprint density at radius 3 is 2.05 bits per heavy atom. The molecule has 0 bridgehead atoms. The molecule has 0 unspecified atom stereocenters. The van der Waals surface area contributed by atoms with E-state index in [0.717, 1.165) is 27.7 Å². The smallest absolute Gasteiger partial charge is 0.270 e. The lowest BCUT2D eigenvalue weighted by molar-refractivity contribution is 0.0914. The average Bonchev–Trinajstić information content (AvgIpc) is 2.95. The van der Waals surface area contributed by atoms with Crippen LogP contribution in [0.4, 0.5) is 5.69 Å². The Kier molecular flexibility index (Phi) is 7.50. The number of amides is 1. The number of para-hydroxylation sites is 1. The minimum Gasteiger partial charge on any atom is -0.308 e. The molecule has 1 amide bonds. The van der Waals surface area contributed by atoms with E-state index in [2.05, 4.69) is 12.1 Å². The van der Waals surface area contributed by atoms with Gasteiger partial charge in [-0.25, -0.2) is 4.57 Å². The van der Waals surface area contributed by atoms with Crippen LogP contribution in [0.5, 0.6) is 0 Å². The van der Waals surface area contributed by atoms with Crippen LogP contribution in [0.3, 0.4) is 0 Å². The summed E-state index contributed by atoms with van der Waals surface area (Å²) < 4.78 is 1.16. The first-order valence-corrected chi connectivity index (χ1v) is 13.1. The van der Waals surface area contributed by atoms with E-state index >= 15 is 0 Å². The van der Waals surface area contributed by atoms with Crippen LogP contribution >= 0.6 is 0 Å². The zero-order valence-electron chi connectivity index (χ0n) is 22.1. The summed E-state index contributed by atoms with van der Waals surface area (Å²) in [5.41, 5.74) is 4.80. The molecule has 1 aromatic heterocycles. The van der Waals surface area contributed by atoms with Gasteiger partial charge in [-0.2, -0.15) is 0 Å². The summed E-state index contributed by atoms with van der Waals surface area (Å²) in [4.78, 5) is 42.5. The molecule has 1 heterocycles. The molecule has 39 heavy (non-hydrogen) atoms. The monoisotopic (exact) mass is 514 g/mol. The second-order valence-corrected chi connectivity index (χ2v) is 9.69. The van der Waals surface area contributed by atoms with Crippen molar-refractivity contribution in [2.24, 2.45) is 0 Å². The molecule has 0 aliphatic rings. The van der Waals surface area contributed by atoms with E-state index in [-0.39, 0.29) is 17.9 Å². The third kappa shape index (κ3) is 5.58. The molecule has 0 radical (unpaired) electrons. The number of hydrogen-bond acceptors (Lipinski definition) is 3.